The first kappa shape index (κ1) is 26.8. The van der Waals surface area contributed by atoms with Gasteiger partial charge in [-0.2, -0.15) is 0 Å². The zero-order valence-electron chi connectivity index (χ0n) is 12.9. The van der Waals surface area contributed by atoms with Crippen LogP contribution in [0.4, 0.5) is 0 Å². The SMILES string of the molecule is CO[C@H]1OC(CS(=O)(=S)O[O-])[C@@H](OO[O-])[C@H](OC)C1S(=O)(=S)O[O-].S=S. The molecule has 0 radical (unpaired) electrons. The van der Waals surface area contributed by atoms with Gasteiger partial charge in [0.25, 0.3) is 0 Å². The Hall–Kier alpha value is 0.780. The van der Waals surface area contributed by atoms with Crippen LogP contribution in [0.15, 0.2) is 0 Å². The number of ether oxygens (including phenoxy) is 3. The van der Waals surface area contributed by atoms with Crippen molar-refractivity contribution in [3.63, 3.8) is 0 Å². The van der Waals surface area contributed by atoms with Crippen LogP contribution in [0.3, 0.4) is 0 Å². The van der Waals surface area contributed by atoms with E-state index in [0.717, 1.165) is 14.2 Å². The van der Waals surface area contributed by atoms with Gasteiger partial charge >= 0.3 is 0 Å². The van der Waals surface area contributed by atoms with Gasteiger partial charge < -0.3 is 38.6 Å². The third-order valence-electron chi connectivity index (χ3n) is 3.15. The largest absolute Gasteiger partial charge is 0.709 e. The molecule has 0 aromatic rings. The van der Waals surface area contributed by atoms with E-state index in [1.54, 1.807) is 0 Å². The lowest BCUT2D eigenvalue weighted by Gasteiger charge is -2.45. The minimum absolute atomic E-state index is 0.719. The van der Waals surface area contributed by atoms with E-state index in [4.69, 9.17) is 14.2 Å². The summed E-state index contributed by atoms with van der Waals surface area (Å²) in [6.45, 7) is 0. The highest BCUT2D eigenvalue weighted by molar-refractivity contribution is 8.30. The molecule has 1 heterocycles. The predicted molar refractivity (Wildman–Crippen MR) is 89.0 cm³/mol. The molecule has 1 aliphatic heterocycles. The van der Waals surface area contributed by atoms with Gasteiger partial charge in [-0.15, -0.1) is 0 Å². The molecule has 1 rings (SSSR count). The first-order chi connectivity index (χ1) is 12.2. The molecule has 156 valence electrons. The quantitative estimate of drug-likeness (QED) is 0.221. The van der Waals surface area contributed by atoms with E-state index in [9.17, 15) is 24.2 Å². The highest BCUT2D eigenvalue weighted by Gasteiger charge is 2.52. The smallest absolute Gasteiger partial charge is 0.177 e. The van der Waals surface area contributed by atoms with E-state index in [1.807, 2.05) is 0 Å². The fourth-order valence-electron chi connectivity index (χ4n) is 2.21. The molecular formula is C8H13O12S6-3. The van der Waals surface area contributed by atoms with Crippen molar-refractivity contribution >= 4 is 62.3 Å². The van der Waals surface area contributed by atoms with Crippen molar-refractivity contribution in [2.75, 3.05) is 20.0 Å². The summed E-state index contributed by atoms with van der Waals surface area (Å²) < 4.78 is 46.1. The Kier molecular flexibility index (Phi) is 12.7. The molecule has 0 N–H and O–H groups in total. The van der Waals surface area contributed by atoms with Crippen molar-refractivity contribution in [1.29, 1.82) is 0 Å². The third-order valence-corrected chi connectivity index (χ3v) is 6.85. The molecule has 12 nitrogen and oxygen atoms in total. The molecule has 0 spiro atoms. The van der Waals surface area contributed by atoms with Crippen LogP contribution in [0.2, 0.25) is 0 Å². The van der Waals surface area contributed by atoms with Crippen molar-refractivity contribution in [2.45, 2.75) is 29.9 Å². The monoisotopic (exact) mass is 493 g/mol. The van der Waals surface area contributed by atoms with Gasteiger partial charge in [0.05, 0.1) is 5.75 Å². The third kappa shape index (κ3) is 6.99. The van der Waals surface area contributed by atoms with Gasteiger partial charge in [-0.05, 0) is 0 Å². The summed E-state index contributed by atoms with van der Waals surface area (Å²) in [5.41, 5.74) is 0. The Bertz CT molecular complexity index is 609. The van der Waals surface area contributed by atoms with E-state index >= 15 is 0 Å². The Morgan fingerprint density at radius 3 is 1.96 bits per heavy atom. The number of methoxy groups -OCH3 is 2. The van der Waals surface area contributed by atoms with Gasteiger partial charge in [0.1, 0.15) is 41.1 Å². The van der Waals surface area contributed by atoms with Gasteiger partial charge in [0, 0.05) is 59.0 Å². The highest BCUT2D eigenvalue weighted by atomic mass is 32.8. The van der Waals surface area contributed by atoms with Crippen molar-refractivity contribution in [3.8, 4) is 0 Å². The van der Waals surface area contributed by atoms with Crippen molar-refractivity contribution in [1.82, 2.24) is 0 Å². The molecule has 0 aromatic heterocycles. The second-order valence-corrected chi connectivity index (χ2v) is 10.6. The predicted octanol–water partition coefficient (Wildman–Crippen LogP) is -4.76. The fraction of sp³-hybridized carbons (Fsp3) is 1.00. The van der Waals surface area contributed by atoms with E-state index in [1.165, 1.54) is 0 Å². The average molecular weight is 494 g/mol. The fourth-order valence-corrected chi connectivity index (χ4v) is 5.07. The number of rotatable bonds is 9. The zero-order chi connectivity index (χ0) is 20.5. The molecule has 0 aromatic carbocycles. The van der Waals surface area contributed by atoms with Gasteiger partial charge in [-0.25, -0.2) is 13.3 Å². The molecule has 0 aliphatic carbocycles. The van der Waals surface area contributed by atoms with Crippen LogP contribution in [0.25, 0.3) is 0 Å². The number of hydrogen-bond acceptors (Lipinski definition) is 16. The molecule has 1 fully saturated rings. The second kappa shape index (κ2) is 12.4. The minimum atomic E-state index is -3.99. The van der Waals surface area contributed by atoms with Crippen LogP contribution in [-0.4, -0.2) is 58.2 Å². The van der Waals surface area contributed by atoms with E-state index in [2.05, 4.69) is 63.3 Å². The zero-order valence-corrected chi connectivity index (χ0v) is 17.8. The molecular weight excluding hydrogens is 480 g/mol. The molecule has 18 heteroatoms. The lowest BCUT2D eigenvalue weighted by molar-refractivity contribution is -0.807. The van der Waals surface area contributed by atoms with Gasteiger partial charge in [-0.3, -0.25) is 5.04 Å². The first-order valence-corrected chi connectivity index (χ1v) is 12.5. The summed E-state index contributed by atoms with van der Waals surface area (Å²) in [5.74, 6) is -0.719. The average Bonchev–Trinajstić information content (AvgIpc) is 2.63. The first-order valence-electron chi connectivity index (χ1n) is 6.09. The normalized spacial score (nSPS) is 33.3. The van der Waals surface area contributed by atoms with E-state index < -0.39 is 53.2 Å². The van der Waals surface area contributed by atoms with Crippen molar-refractivity contribution in [2.24, 2.45) is 0 Å². The van der Waals surface area contributed by atoms with Crippen LogP contribution >= 0.6 is 0 Å². The summed E-state index contributed by atoms with van der Waals surface area (Å²) >= 11 is 16.4. The number of hydrogen-bond donors (Lipinski definition) is 0. The Morgan fingerprint density at radius 2 is 1.58 bits per heavy atom. The van der Waals surface area contributed by atoms with Crippen LogP contribution in [0.1, 0.15) is 0 Å². The molecule has 7 atom stereocenters. The van der Waals surface area contributed by atoms with Crippen molar-refractivity contribution in [3.05, 3.63) is 0 Å². The topological polar surface area (TPSA) is 168 Å². The van der Waals surface area contributed by atoms with Gasteiger partial charge in [0.15, 0.2) is 6.29 Å². The van der Waals surface area contributed by atoms with Crippen molar-refractivity contribution < 1.29 is 57.0 Å². The summed E-state index contributed by atoms with van der Waals surface area (Å²) in [6, 6.07) is 0. The van der Waals surface area contributed by atoms with Crippen LogP contribution in [-0.2, 0) is 95.1 Å². The Labute approximate surface area is 168 Å². The van der Waals surface area contributed by atoms with Crippen LogP contribution < -0.4 is 15.8 Å². The maximum absolute atomic E-state index is 12.2. The Balaban J connectivity index is 0.00000301. The lowest BCUT2D eigenvalue weighted by Crippen LogP contribution is -2.63. The Morgan fingerprint density at radius 1 is 1.00 bits per heavy atom. The van der Waals surface area contributed by atoms with E-state index in [-0.39, 0.29) is 0 Å². The molecule has 1 aliphatic rings. The summed E-state index contributed by atoms with van der Waals surface area (Å²) in [5, 5.41) is 33.3. The molecule has 4 unspecified atom stereocenters. The molecule has 0 bridgehead atoms. The van der Waals surface area contributed by atoms with Crippen LogP contribution in [0, 0.1) is 0 Å². The maximum atomic E-state index is 12.2. The summed E-state index contributed by atoms with van der Waals surface area (Å²) in [6.07, 6.45) is -5.75. The van der Waals surface area contributed by atoms with E-state index in [0.29, 0.717) is 0 Å². The lowest BCUT2D eigenvalue weighted by atomic mass is 10.0. The molecule has 0 amide bonds. The highest BCUT2D eigenvalue weighted by Crippen LogP contribution is 2.31. The molecule has 26 heavy (non-hydrogen) atoms. The molecule has 0 saturated carbocycles. The summed E-state index contributed by atoms with van der Waals surface area (Å²) in [4.78, 5) is 4.43. The van der Waals surface area contributed by atoms with Gasteiger partial charge in [-0.1, -0.05) is 0 Å². The minimum Gasteiger partial charge on any atom is -0.709 e. The maximum Gasteiger partial charge on any atom is 0.177 e. The molecule has 1 saturated heterocycles. The van der Waals surface area contributed by atoms with Gasteiger partial charge in [0.2, 0.25) is 0 Å². The summed E-state index contributed by atoms with van der Waals surface area (Å²) in [7, 11) is -5.54. The standard InChI is InChI=1S/C8H16O12S4.S2/c1-14-6-5(17-18-9)4(3-23(12,21)19-10)16-8(15-2)7(6)24(13,22)20-11;1-2/h4-11H,3H2,1-2H3;/p-3/t4?,5-,6+,7?,8+,23?,24?;/m1./s1. The second-order valence-electron chi connectivity index (χ2n) is 4.43. The van der Waals surface area contributed by atoms with Crippen LogP contribution in [0.5, 0.6) is 0 Å².